The molecule has 2 rings (SSSR count). The second-order valence-electron chi connectivity index (χ2n) is 3.75. The van der Waals surface area contributed by atoms with Crippen LogP contribution in [0.1, 0.15) is 0 Å². The van der Waals surface area contributed by atoms with Gasteiger partial charge in [-0.25, -0.2) is 18.0 Å². The lowest BCUT2D eigenvalue weighted by Gasteiger charge is -2.15. The Morgan fingerprint density at radius 2 is 2.00 bits per heavy atom. The van der Waals surface area contributed by atoms with Gasteiger partial charge in [0.05, 0.1) is 16.8 Å². The predicted molar refractivity (Wildman–Crippen MR) is 80.6 cm³/mol. The molecule has 0 saturated heterocycles. The van der Waals surface area contributed by atoms with Crippen LogP contribution in [0.3, 0.4) is 0 Å². The van der Waals surface area contributed by atoms with E-state index in [0.717, 1.165) is 4.42 Å². The second-order valence-corrected chi connectivity index (χ2v) is 5.65. The molecule has 1 aromatic carbocycles. The minimum absolute atomic E-state index is 0. The third kappa shape index (κ3) is 3.10. The molecule has 0 aliphatic rings. The molecule has 0 unspecified atom stereocenters. The van der Waals surface area contributed by atoms with Crippen molar-refractivity contribution in [3.05, 3.63) is 30.6 Å². The van der Waals surface area contributed by atoms with Crippen LogP contribution in [-0.4, -0.2) is 19.4 Å². The smallest absolute Gasteiger partial charge is 0.238 e. The molecule has 108 valence electrons. The van der Waals surface area contributed by atoms with Crippen molar-refractivity contribution in [3.8, 4) is 0 Å². The molecule has 20 heavy (non-hydrogen) atoms. The number of rotatable bonds is 2. The zero-order valence-electron chi connectivity index (χ0n) is 9.95. The largest absolute Gasteiger partial charge is 0.369 e. The number of nitrogens with one attached hydrogen (secondary N) is 1. The van der Waals surface area contributed by atoms with Gasteiger partial charge in [0.15, 0.2) is 0 Å². The molecule has 1 heterocycles. The number of fused-ring (bicyclic) bond motifs is 1. The average molecular weight is 336 g/mol. The van der Waals surface area contributed by atoms with Gasteiger partial charge in [0.25, 0.3) is 0 Å². The second kappa shape index (κ2) is 5.80. The summed E-state index contributed by atoms with van der Waals surface area (Å²) in [5, 5.41) is 13.5. The molecule has 0 spiro atoms. The maximum atomic E-state index is 11.3. The Kier molecular flexibility index (Phi) is 4.77. The fourth-order valence-electron chi connectivity index (χ4n) is 1.60. The van der Waals surface area contributed by atoms with E-state index in [1.807, 2.05) is 0 Å². The van der Waals surface area contributed by atoms with Crippen molar-refractivity contribution in [1.82, 2.24) is 4.98 Å². The van der Waals surface area contributed by atoms with Gasteiger partial charge in [0.1, 0.15) is 0 Å². The van der Waals surface area contributed by atoms with Crippen LogP contribution < -0.4 is 15.3 Å². The van der Waals surface area contributed by atoms with E-state index in [4.69, 9.17) is 28.1 Å². The van der Waals surface area contributed by atoms with Gasteiger partial charge >= 0.3 is 0 Å². The molecule has 0 aliphatic carbocycles. The number of aromatic nitrogens is 1. The minimum atomic E-state index is -3.79. The first kappa shape index (κ1) is 16.4. The summed E-state index contributed by atoms with van der Waals surface area (Å²) in [4.78, 5) is 3.90. The molecule has 0 amide bonds. The molecule has 2 aromatic rings. The Bertz CT molecular complexity index is 765. The van der Waals surface area contributed by atoms with Crippen LogP contribution in [0.2, 0.25) is 0 Å². The van der Waals surface area contributed by atoms with Crippen molar-refractivity contribution in [2.75, 3.05) is 4.42 Å². The Morgan fingerprint density at radius 3 is 2.55 bits per heavy atom. The van der Waals surface area contributed by atoms with Crippen LogP contribution in [0.15, 0.2) is 35.5 Å². The number of hydrogen-bond acceptors (Lipinski definition) is 4. The fraction of sp³-hybridized carbons (Fsp3) is 0. The molecule has 5 N–H and O–H groups in total. The van der Waals surface area contributed by atoms with Crippen molar-refractivity contribution in [2.45, 2.75) is 4.90 Å². The molecular formula is C10H11Cl2N5O2S. The maximum Gasteiger partial charge on any atom is 0.238 e. The van der Waals surface area contributed by atoms with E-state index in [-0.39, 0.29) is 23.3 Å². The molecule has 0 saturated carbocycles. The van der Waals surface area contributed by atoms with Crippen LogP contribution in [0.4, 0.5) is 5.69 Å². The van der Waals surface area contributed by atoms with Crippen LogP contribution in [0.25, 0.3) is 10.8 Å². The highest BCUT2D eigenvalue weighted by Crippen LogP contribution is 2.28. The molecule has 0 fully saturated rings. The Labute approximate surface area is 126 Å². The van der Waals surface area contributed by atoms with Crippen molar-refractivity contribution in [2.24, 2.45) is 10.9 Å². The lowest BCUT2D eigenvalue weighted by atomic mass is 10.1. The van der Waals surface area contributed by atoms with Gasteiger partial charge in [0.2, 0.25) is 16.0 Å². The molecule has 1 aromatic heterocycles. The lowest BCUT2D eigenvalue weighted by molar-refractivity contribution is 0.598. The molecule has 0 aliphatic heterocycles. The summed E-state index contributed by atoms with van der Waals surface area (Å²) in [6.45, 7) is 0. The SMILES string of the molecule is Cl.N=C(N)N(Cl)c1cncc2cc(S(N)(=O)=O)ccc12. The molecule has 0 bridgehead atoms. The Balaban J connectivity index is 0.00000200. The highest BCUT2D eigenvalue weighted by molar-refractivity contribution is 7.89. The lowest BCUT2D eigenvalue weighted by Crippen LogP contribution is -2.28. The van der Waals surface area contributed by atoms with Crippen LogP contribution in [-0.2, 0) is 10.0 Å². The first-order valence-corrected chi connectivity index (χ1v) is 6.89. The number of sulfonamides is 1. The maximum absolute atomic E-state index is 11.3. The summed E-state index contributed by atoms with van der Waals surface area (Å²) in [5.41, 5.74) is 5.67. The number of benzene rings is 1. The molecular weight excluding hydrogens is 325 g/mol. The van der Waals surface area contributed by atoms with Gasteiger partial charge in [-0.15, -0.1) is 12.4 Å². The number of primary sulfonamides is 1. The van der Waals surface area contributed by atoms with E-state index in [1.165, 1.54) is 30.6 Å². The molecule has 0 radical (unpaired) electrons. The van der Waals surface area contributed by atoms with E-state index in [2.05, 4.69) is 4.98 Å². The van der Waals surface area contributed by atoms with Gasteiger partial charge in [-0.2, -0.15) is 0 Å². The summed E-state index contributed by atoms with van der Waals surface area (Å²) in [6.07, 6.45) is 2.89. The number of nitrogens with zero attached hydrogens (tertiary/aromatic N) is 2. The third-order valence-electron chi connectivity index (χ3n) is 2.46. The molecule has 0 atom stereocenters. The zero-order chi connectivity index (χ0) is 14.2. The predicted octanol–water partition coefficient (Wildman–Crippen LogP) is 1.16. The zero-order valence-corrected chi connectivity index (χ0v) is 12.3. The highest BCUT2D eigenvalue weighted by Gasteiger charge is 2.14. The number of pyridine rings is 1. The summed E-state index contributed by atoms with van der Waals surface area (Å²) < 4.78 is 23.5. The quantitative estimate of drug-likeness (QED) is 0.431. The number of nitrogens with two attached hydrogens (primary N) is 2. The molecule has 10 heteroatoms. The number of guanidine groups is 1. The van der Waals surface area contributed by atoms with Crippen molar-refractivity contribution < 1.29 is 8.42 Å². The Hall–Kier alpha value is -1.61. The standard InChI is InChI=1S/C10H10ClN5O2S.ClH/c11-16(10(12)13)9-5-15-4-6-3-7(19(14,17)18)1-2-8(6)9;/h1-5H,(H3,12,13)(H2,14,17,18);1H. The van der Waals surface area contributed by atoms with Crippen LogP contribution in [0, 0.1) is 5.41 Å². The van der Waals surface area contributed by atoms with Crippen molar-refractivity contribution in [3.63, 3.8) is 0 Å². The van der Waals surface area contributed by atoms with E-state index in [1.54, 1.807) is 0 Å². The van der Waals surface area contributed by atoms with Crippen LogP contribution in [0.5, 0.6) is 0 Å². The summed E-state index contributed by atoms with van der Waals surface area (Å²) in [5.74, 6) is -0.369. The highest BCUT2D eigenvalue weighted by atomic mass is 35.5. The van der Waals surface area contributed by atoms with E-state index in [9.17, 15) is 8.42 Å². The van der Waals surface area contributed by atoms with E-state index < -0.39 is 10.0 Å². The van der Waals surface area contributed by atoms with Crippen molar-refractivity contribution >= 4 is 56.6 Å². The third-order valence-corrected chi connectivity index (χ3v) is 3.74. The Morgan fingerprint density at radius 1 is 1.35 bits per heavy atom. The summed E-state index contributed by atoms with van der Waals surface area (Å²) in [6, 6.07) is 4.27. The van der Waals surface area contributed by atoms with Gasteiger partial charge in [0, 0.05) is 28.7 Å². The van der Waals surface area contributed by atoms with E-state index in [0.29, 0.717) is 16.5 Å². The van der Waals surface area contributed by atoms with E-state index >= 15 is 0 Å². The minimum Gasteiger partial charge on any atom is -0.369 e. The first-order valence-electron chi connectivity index (χ1n) is 5.01. The fourth-order valence-corrected chi connectivity index (χ4v) is 2.29. The first-order chi connectivity index (χ1) is 8.80. The van der Waals surface area contributed by atoms with Gasteiger partial charge in [-0.1, -0.05) is 6.07 Å². The van der Waals surface area contributed by atoms with Crippen LogP contribution >= 0.6 is 24.2 Å². The molecule has 7 nitrogen and oxygen atoms in total. The van der Waals surface area contributed by atoms with Gasteiger partial charge in [-0.3, -0.25) is 10.4 Å². The number of hydrogen-bond donors (Lipinski definition) is 3. The summed E-state index contributed by atoms with van der Waals surface area (Å²) >= 11 is 5.85. The topological polar surface area (TPSA) is 126 Å². The number of anilines is 1. The average Bonchev–Trinajstić information content (AvgIpc) is 2.35. The normalized spacial score (nSPS) is 10.9. The van der Waals surface area contributed by atoms with Crippen molar-refractivity contribution in [1.29, 1.82) is 5.41 Å². The van der Waals surface area contributed by atoms with Gasteiger partial charge < -0.3 is 5.73 Å². The monoisotopic (exact) mass is 335 g/mol. The van der Waals surface area contributed by atoms with Gasteiger partial charge in [-0.05, 0) is 12.1 Å². The number of halogens is 2. The summed E-state index contributed by atoms with van der Waals surface area (Å²) in [7, 11) is -3.79.